The molecule has 1 aliphatic rings. The Bertz CT molecular complexity index is 355. The van der Waals surface area contributed by atoms with Crippen molar-refractivity contribution >= 4 is 17.2 Å². The number of benzene rings is 1. The normalized spacial score (nSPS) is 16.5. The van der Waals surface area contributed by atoms with Gasteiger partial charge in [0.1, 0.15) is 4.99 Å². The van der Waals surface area contributed by atoms with E-state index >= 15 is 0 Å². The summed E-state index contributed by atoms with van der Waals surface area (Å²) in [5.41, 5.74) is 7.64. The van der Waals surface area contributed by atoms with Crippen molar-refractivity contribution in [1.29, 1.82) is 0 Å². The second-order valence-electron chi connectivity index (χ2n) is 4.28. The third-order valence-electron chi connectivity index (χ3n) is 3.03. The molecule has 0 spiro atoms. The zero-order valence-corrected chi connectivity index (χ0v) is 10.1. The monoisotopic (exact) mass is 235 g/mol. The molecule has 2 nitrogen and oxygen atoms in total. The summed E-state index contributed by atoms with van der Waals surface area (Å²) in [6, 6.07) is 7.97. The minimum absolute atomic E-state index is 0.447. The van der Waals surface area contributed by atoms with Crippen LogP contribution in [0.4, 0.5) is 0 Å². The average Bonchev–Trinajstić information content (AvgIpc) is 2.80. The van der Waals surface area contributed by atoms with Crippen LogP contribution in [-0.4, -0.2) is 11.1 Å². The van der Waals surface area contributed by atoms with Gasteiger partial charge < -0.3 is 10.5 Å². The predicted molar refractivity (Wildman–Crippen MR) is 69.4 cm³/mol. The fraction of sp³-hybridized carbons (Fsp3) is 0.462. The fourth-order valence-electron chi connectivity index (χ4n) is 2.03. The average molecular weight is 235 g/mol. The first-order valence-electron chi connectivity index (χ1n) is 5.76. The number of thiocarbonyl (C=S) groups is 1. The maximum atomic E-state index is 5.83. The molecule has 0 saturated heterocycles. The lowest BCUT2D eigenvalue weighted by Crippen LogP contribution is -2.10. The van der Waals surface area contributed by atoms with Crippen LogP contribution < -0.4 is 5.73 Å². The van der Waals surface area contributed by atoms with Gasteiger partial charge in [-0.25, -0.2) is 0 Å². The van der Waals surface area contributed by atoms with E-state index in [-0.39, 0.29) is 0 Å². The maximum Gasteiger partial charge on any atom is 0.103 e. The second kappa shape index (κ2) is 5.41. The first-order valence-corrected chi connectivity index (χ1v) is 6.17. The third-order valence-corrected chi connectivity index (χ3v) is 3.26. The molecule has 2 rings (SSSR count). The van der Waals surface area contributed by atoms with Crippen LogP contribution in [0.25, 0.3) is 0 Å². The van der Waals surface area contributed by atoms with E-state index in [1.54, 1.807) is 0 Å². The van der Waals surface area contributed by atoms with E-state index in [1.807, 2.05) is 24.3 Å². The molecular formula is C13H17NOS. The van der Waals surface area contributed by atoms with Crippen molar-refractivity contribution in [2.24, 2.45) is 5.73 Å². The lowest BCUT2D eigenvalue weighted by atomic mass is 10.1. The molecule has 0 aromatic heterocycles. The molecule has 1 aromatic rings. The van der Waals surface area contributed by atoms with Crippen LogP contribution in [0, 0.1) is 0 Å². The highest BCUT2D eigenvalue weighted by Crippen LogP contribution is 2.22. The SMILES string of the molecule is NC(=S)c1ccc(COC2CCCC2)cc1. The van der Waals surface area contributed by atoms with Gasteiger partial charge in [0.2, 0.25) is 0 Å². The van der Waals surface area contributed by atoms with Gasteiger partial charge in [-0.3, -0.25) is 0 Å². The topological polar surface area (TPSA) is 35.2 Å². The van der Waals surface area contributed by atoms with Crippen LogP contribution in [0.5, 0.6) is 0 Å². The third kappa shape index (κ3) is 3.03. The Morgan fingerprint density at radius 3 is 2.44 bits per heavy atom. The van der Waals surface area contributed by atoms with Crippen LogP contribution in [-0.2, 0) is 11.3 Å². The smallest absolute Gasteiger partial charge is 0.103 e. The molecule has 1 aliphatic carbocycles. The Morgan fingerprint density at radius 2 is 1.88 bits per heavy atom. The van der Waals surface area contributed by atoms with E-state index in [0.29, 0.717) is 17.7 Å². The van der Waals surface area contributed by atoms with Gasteiger partial charge in [0.15, 0.2) is 0 Å². The zero-order valence-electron chi connectivity index (χ0n) is 9.32. The Labute approximate surface area is 102 Å². The molecule has 0 heterocycles. The highest BCUT2D eigenvalue weighted by Gasteiger charge is 2.14. The van der Waals surface area contributed by atoms with E-state index in [2.05, 4.69) is 0 Å². The molecule has 0 aliphatic heterocycles. The van der Waals surface area contributed by atoms with Crippen LogP contribution in [0.2, 0.25) is 0 Å². The van der Waals surface area contributed by atoms with Crippen molar-refractivity contribution in [2.75, 3.05) is 0 Å². The van der Waals surface area contributed by atoms with Gasteiger partial charge in [-0.1, -0.05) is 49.3 Å². The molecule has 1 fully saturated rings. The number of ether oxygens (including phenoxy) is 1. The number of nitrogens with two attached hydrogens (primary N) is 1. The predicted octanol–water partition coefficient (Wildman–Crippen LogP) is 2.78. The van der Waals surface area contributed by atoms with Crippen molar-refractivity contribution in [2.45, 2.75) is 38.4 Å². The van der Waals surface area contributed by atoms with Crippen LogP contribution in [0.3, 0.4) is 0 Å². The van der Waals surface area contributed by atoms with Gasteiger partial charge in [-0.2, -0.15) is 0 Å². The van der Waals surface area contributed by atoms with E-state index in [9.17, 15) is 0 Å². The Kier molecular flexibility index (Phi) is 3.91. The molecule has 0 unspecified atom stereocenters. The van der Waals surface area contributed by atoms with Gasteiger partial charge in [-0.05, 0) is 18.4 Å². The molecule has 1 saturated carbocycles. The maximum absolute atomic E-state index is 5.83. The van der Waals surface area contributed by atoms with Gasteiger partial charge >= 0.3 is 0 Å². The van der Waals surface area contributed by atoms with Crippen LogP contribution >= 0.6 is 12.2 Å². The summed E-state index contributed by atoms with van der Waals surface area (Å²) < 4.78 is 5.83. The molecule has 0 bridgehead atoms. The summed E-state index contributed by atoms with van der Waals surface area (Å²) in [6.45, 7) is 0.697. The summed E-state index contributed by atoms with van der Waals surface area (Å²) in [7, 11) is 0. The minimum atomic E-state index is 0.447. The van der Waals surface area contributed by atoms with Crippen LogP contribution in [0.15, 0.2) is 24.3 Å². The van der Waals surface area contributed by atoms with E-state index < -0.39 is 0 Å². The molecule has 1 aromatic carbocycles. The Hall–Kier alpha value is -0.930. The van der Waals surface area contributed by atoms with Gasteiger partial charge in [-0.15, -0.1) is 0 Å². The summed E-state index contributed by atoms with van der Waals surface area (Å²) in [6.07, 6.45) is 5.52. The Morgan fingerprint density at radius 1 is 1.25 bits per heavy atom. The van der Waals surface area contributed by atoms with E-state index in [1.165, 1.54) is 31.2 Å². The summed E-state index contributed by atoms with van der Waals surface area (Å²) in [5.74, 6) is 0. The fourth-order valence-corrected chi connectivity index (χ4v) is 2.17. The largest absolute Gasteiger partial charge is 0.389 e. The first-order chi connectivity index (χ1) is 7.75. The molecule has 0 atom stereocenters. The summed E-state index contributed by atoms with van der Waals surface area (Å²) >= 11 is 4.90. The minimum Gasteiger partial charge on any atom is -0.389 e. The molecule has 0 radical (unpaired) electrons. The number of hydrogen-bond donors (Lipinski definition) is 1. The lowest BCUT2D eigenvalue weighted by molar-refractivity contribution is 0.0457. The Balaban J connectivity index is 1.87. The van der Waals surface area contributed by atoms with E-state index in [4.69, 9.17) is 22.7 Å². The molecule has 3 heteroatoms. The van der Waals surface area contributed by atoms with Gasteiger partial charge in [0.25, 0.3) is 0 Å². The van der Waals surface area contributed by atoms with Gasteiger partial charge in [0, 0.05) is 5.56 Å². The van der Waals surface area contributed by atoms with Crippen molar-refractivity contribution in [3.8, 4) is 0 Å². The first kappa shape index (κ1) is 11.6. The van der Waals surface area contributed by atoms with Crippen LogP contribution in [0.1, 0.15) is 36.8 Å². The summed E-state index contributed by atoms with van der Waals surface area (Å²) in [4.78, 5) is 0.447. The number of hydrogen-bond acceptors (Lipinski definition) is 2. The van der Waals surface area contributed by atoms with E-state index in [0.717, 1.165) is 5.56 Å². The lowest BCUT2D eigenvalue weighted by Gasteiger charge is -2.11. The molecular weight excluding hydrogens is 218 g/mol. The van der Waals surface area contributed by atoms with Crippen molar-refractivity contribution < 1.29 is 4.74 Å². The molecule has 86 valence electrons. The quantitative estimate of drug-likeness (QED) is 0.815. The second-order valence-corrected chi connectivity index (χ2v) is 4.72. The highest BCUT2D eigenvalue weighted by molar-refractivity contribution is 7.80. The number of rotatable bonds is 4. The molecule has 0 amide bonds. The van der Waals surface area contributed by atoms with Crippen molar-refractivity contribution in [3.63, 3.8) is 0 Å². The van der Waals surface area contributed by atoms with Crippen molar-refractivity contribution in [3.05, 3.63) is 35.4 Å². The molecule has 2 N–H and O–H groups in total. The zero-order chi connectivity index (χ0) is 11.4. The summed E-state index contributed by atoms with van der Waals surface area (Å²) in [5, 5.41) is 0. The highest BCUT2D eigenvalue weighted by atomic mass is 32.1. The molecule has 16 heavy (non-hydrogen) atoms. The standard InChI is InChI=1S/C13H17NOS/c14-13(16)11-7-5-10(6-8-11)9-15-12-3-1-2-4-12/h5-8,12H,1-4,9H2,(H2,14,16). The van der Waals surface area contributed by atoms with Gasteiger partial charge in [0.05, 0.1) is 12.7 Å². The van der Waals surface area contributed by atoms with Crippen molar-refractivity contribution in [1.82, 2.24) is 0 Å².